The summed E-state index contributed by atoms with van der Waals surface area (Å²) < 4.78 is 0. The van der Waals surface area contributed by atoms with Crippen molar-refractivity contribution in [3.63, 3.8) is 0 Å². The number of anilines is 3. The van der Waals surface area contributed by atoms with Gasteiger partial charge in [-0.1, -0.05) is 42.5 Å². The van der Waals surface area contributed by atoms with Crippen LogP contribution in [-0.4, -0.2) is 42.9 Å². The molecule has 2 amide bonds. The van der Waals surface area contributed by atoms with Crippen LogP contribution in [0, 0.1) is 24.0 Å². The Morgan fingerprint density at radius 2 is 1.50 bits per heavy atom. The second-order valence-corrected chi connectivity index (χ2v) is 9.36. The zero-order valence-electron chi connectivity index (χ0n) is 20.4. The predicted molar refractivity (Wildman–Crippen MR) is 140 cm³/mol. The van der Waals surface area contributed by atoms with Gasteiger partial charge in [0.1, 0.15) is 5.69 Å². The molecule has 5 rings (SSSR count). The topological polar surface area (TPSA) is 87.0 Å². The Hall–Kier alpha value is -4.20. The molecule has 0 aliphatic carbocycles. The molecule has 0 saturated carbocycles. The number of amides is 2. The Bertz CT molecular complexity index is 1330. The Morgan fingerprint density at radius 1 is 0.833 bits per heavy atom. The van der Waals surface area contributed by atoms with E-state index in [-0.39, 0.29) is 29.6 Å². The molecule has 2 aliphatic heterocycles. The number of imide groups is 1. The van der Waals surface area contributed by atoms with E-state index in [2.05, 4.69) is 36.9 Å². The number of benzene rings is 3. The predicted octanol–water partition coefficient (Wildman–Crippen LogP) is 4.59. The second kappa shape index (κ2) is 9.45. The third-order valence-electron chi connectivity index (χ3n) is 7.30. The number of carbonyl (C=O) groups is 2. The fourth-order valence-corrected chi connectivity index (χ4v) is 5.18. The molecule has 0 unspecified atom stereocenters. The van der Waals surface area contributed by atoms with E-state index in [1.165, 1.54) is 22.9 Å². The maximum atomic E-state index is 13.1. The van der Waals surface area contributed by atoms with E-state index < -0.39 is 10.8 Å². The molecule has 0 spiro atoms. The molecule has 3 aromatic carbocycles. The summed E-state index contributed by atoms with van der Waals surface area (Å²) in [5.41, 5.74) is 5.09. The first-order valence-electron chi connectivity index (χ1n) is 12.1. The lowest BCUT2D eigenvalue weighted by Crippen LogP contribution is -2.47. The number of hydrogen-bond donors (Lipinski definition) is 0. The Labute approximate surface area is 209 Å². The number of rotatable bonds is 5. The molecule has 2 fully saturated rings. The highest BCUT2D eigenvalue weighted by Gasteiger charge is 2.41. The van der Waals surface area contributed by atoms with Crippen molar-refractivity contribution in [2.24, 2.45) is 0 Å². The van der Waals surface area contributed by atoms with Gasteiger partial charge in [0.2, 0.25) is 11.8 Å². The summed E-state index contributed by atoms with van der Waals surface area (Å²) in [6.45, 7) is 6.95. The molecule has 36 heavy (non-hydrogen) atoms. The summed E-state index contributed by atoms with van der Waals surface area (Å²) in [6.07, 6.45) is 0.0543. The first-order chi connectivity index (χ1) is 17.3. The van der Waals surface area contributed by atoms with Gasteiger partial charge >= 0.3 is 0 Å². The van der Waals surface area contributed by atoms with Gasteiger partial charge < -0.3 is 9.80 Å². The average Bonchev–Trinajstić information content (AvgIpc) is 3.19. The van der Waals surface area contributed by atoms with Crippen molar-refractivity contribution in [3.05, 3.63) is 93.5 Å². The fourth-order valence-electron chi connectivity index (χ4n) is 5.18. The Morgan fingerprint density at radius 3 is 2.17 bits per heavy atom. The molecule has 0 bridgehead atoms. The van der Waals surface area contributed by atoms with Gasteiger partial charge in [-0.15, -0.1) is 0 Å². The number of nitrogens with zero attached hydrogens (tertiary/aromatic N) is 4. The molecular weight excluding hydrogens is 456 g/mol. The molecule has 184 valence electrons. The molecule has 8 nitrogen and oxygen atoms in total. The maximum Gasteiger partial charge on any atom is 0.294 e. The molecule has 2 heterocycles. The van der Waals surface area contributed by atoms with Crippen LogP contribution in [0.1, 0.15) is 29.0 Å². The summed E-state index contributed by atoms with van der Waals surface area (Å²) in [5.74, 6) is -1.27. The second-order valence-electron chi connectivity index (χ2n) is 9.36. The quantitative estimate of drug-likeness (QED) is 0.299. The van der Waals surface area contributed by atoms with Crippen molar-refractivity contribution in [2.45, 2.75) is 26.2 Å². The van der Waals surface area contributed by atoms with Gasteiger partial charge in [0.15, 0.2) is 0 Å². The van der Waals surface area contributed by atoms with Gasteiger partial charge in [-0.2, -0.15) is 0 Å². The van der Waals surface area contributed by atoms with E-state index >= 15 is 0 Å². The van der Waals surface area contributed by atoms with Crippen LogP contribution in [-0.2, 0) is 9.59 Å². The maximum absolute atomic E-state index is 13.1. The van der Waals surface area contributed by atoms with Crippen LogP contribution in [0.15, 0.2) is 66.7 Å². The molecule has 2 aliphatic rings. The van der Waals surface area contributed by atoms with E-state index in [4.69, 9.17) is 0 Å². The van der Waals surface area contributed by atoms with Crippen molar-refractivity contribution in [1.29, 1.82) is 0 Å². The van der Waals surface area contributed by atoms with Gasteiger partial charge in [0, 0.05) is 44.4 Å². The number of piperazine rings is 1. The number of aryl methyl sites for hydroxylation is 1. The molecular formula is C28H28N4O4. The number of carbonyl (C=O) groups excluding carboxylic acids is 2. The average molecular weight is 485 g/mol. The largest absolute Gasteiger partial charge is 0.368 e. The summed E-state index contributed by atoms with van der Waals surface area (Å²) in [7, 11) is 0. The summed E-state index contributed by atoms with van der Waals surface area (Å²) in [5, 5.41) is 12.0. The highest BCUT2D eigenvalue weighted by Crippen LogP contribution is 2.38. The summed E-state index contributed by atoms with van der Waals surface area (Å²) in [6, 6.07) is 20.1. The van der Waals surface area contributed by atoms with Crippen LogP contribution >= 0.6 is 0 Å². The van der Waals surface area contributed by atoms with Gasteiger partial charge in [-0.3, -0.25) is 19.7 Å². The highest BCUT2D eigenvalue weighted by atomic mass is 16.6. The standard InChI is InChI=1S/C28H28N4O4/c1-19-7-6-10-24(20(19)2)29-13-15-30(16-14-29)25-12-11-22(17-26(25)32(35)36)31-27(33)18-23(28(31)34)21-8-4-3-5-9-21/h3-12,17,23H,13-16,18H2,1-2H3/t23-/m0/s1. The zero-order valence-corrected chi connectivity index (χ0v) is 20.4. The van der Waals surface area contributed by atoms with E-state index in [1.54, 1.807) is 12.1 Å². The lowest BCUT2D eigenvalue weighted by atomic mass is 9.98. The van der Waals surface area contributed by atoms with Crippen LogP contribution in [0.5, 0.6) is 0 Å². The number of hydrogen-bond acceptors (Lipinski definition) is 6. The fraction of sp³-hybridized carbons (Fsp3) is 0.286. The van der Waals surface area contributed by atoms with Crippen molar-refractivity contribution < 1.29 is 14.5 Å². The third kappa shape index (κ3) is 4.19. The zero-order chi connectivity index (χ0) is 25.4. The summed E-state index contributed by atoms with van der Waals surface area (Å²) >= 11 is 0. The number of nitro benzene ring substituents is 1. The molecule has 2 saturated heterocycles. The van der Waals surface area contributed by atoms with Crippen molar-refractivity contribution in [1.82, 2.24) is 0 Å². The van der Waals surface area contributed by atoms with E-state index in [9.17, 15) is 19.7 Å². The molecule has 0 aromatic heterocycles. The van der Waals surface area contributed by atoms with E-state index in [0.717, 1.165) is 23.6 Å². The van der Waals surface area contributed by atoms with Crippen molar-refractivity contribution >= 4 is 34.6 Å². The SMILES string of the molecule is Cc1cccc(N2CCN(c3ccc(N4C(=O)C[C@@H](c5ccccc5)C4=O)cc3[N+](=O)[O-])CC2)c1C. The van der Waals surface area contributed by atoms with Crippen LogP contribution in [0.25, 0.3) is 0 Å². The molecule has 0 N–H and O–H groups in total. The minimum Gasteiger partial charge on any atom is -0.368 e. The summed E-state index contributed by atoms with van der Waals surface area (Å²) in [4.78, 5) is 42.9. The van der Waals surface area contributed by atoms with Gasteiger partial charge in [-0.25, -0.2) is 4.90 Å². The van der Waals surface area contributed by atoms with Crippen molar-refractivity contribution in [2.75, 3.05) is 40.9 Å². The monoisotopic (exact) mass is 484 g/mol. The minimum absolute atomic E-state index is 0.0543. The molecule has 3 aromatic rings. The van der Waals surface area contributed by atoms with Crippen LogP contribution in [0.3, 0.4) is 0 Å². The van der Waals surface area contributed by atoms with Gasteiger partial charge in [-0.05, 0) is 48.7 Å². The van der Waals surface area contributed by atoms with E-state index in [1.807, 2.05) is 35.2 Å². The third-order valence-corrected chi connectivity index (χ3v) is 7.30. The molecule has 8 heteroatoms. The number of nitro groups is 1. The van der Waals surface area contributed by atoms with Crippen LogP contribution in [0.4, 0.5) is 22.7 Å². The van der Waals surface area contributed by atoms with Crippen LogP contribution in [0.2, 0.25) is 0 Å². The normalized spacial score (nSPS) is 18.2. The van der Waals surface area contributed by atoms with E-state index in [0.29, 0.717) is 18.8 Å². The van der Waals surface area contributed by atoms with Gasteiger partial charge in [0.05, 0.1) is 16.5 Å². The Kier molecular flexibility index (Phi) is 6.18. The molecule has 1 atom stereocenters. The minimum atomic E-state index is -0.574. The van der Waals surface area contributed by atoms with Crippen LogP contribution < -0.4 is 14.7 Å². The smallest absolute Gasteiger partial charge is 0.294 e. The first-order valence-corrected chi connectivity index (χ1v) is 12.1. The lowest BCUT2D eigenvalue weighted by Gasteiger charge is -2.38. The van der Waals surface area contributed by atoms with Crippen molar-refractivity contribution in [3.8, 4) is 0 Å². The first kappa shape index (κ1) is 23.5. The molecule has 0 radical (unpaired) electrons. The lowest BCUT2D eigenvalue weighted by molar-refractivity contribution is -0.384. The van der Waals surface area contributed by atoms with Gasteiger partial charge in [0.25, 0.3) is 5.69 Å². The Balaban J connectivity index is 1.37. The highest BCUT2D eigenvalue weighted by molar-refractivity contribution is 6.22.